The number of nitrogens with one attached hydrogen (secondary N) is 2. The van der Waals surface area contributed by atoms with Gasteiger partial charge in [0.25, 0.3) is 11.8 Å². The van der Waals surface area contributed by atoms with Crippen molar-refractivity contribution in [2.24, 2.45) is 5.73 Å². The molecule has 11 nitrogen and oxygen atoms in total. The lowest BCUT2D eigenvalue weighted by atomic mass is 9.90. The SMILES string of the molecule is CNC(=O)C1CN(C(=O)CN2C(=O)NC(C)(c3cccc(C(N)=O)c3)C2=O)c2ccccc2O1. The maximum atomic E-state index is 13.3. The van der Waals surface area contributed by atoms with Crippen LogP contribution in [0.25, 0.3) is 0 Å². The lowest BCUT2D eigenvalue weighted by Gasteiger charge is -2.34. The summed E-state index contributed by atoms with van der Waals surface area (Å²) in [5.74, 6) is -1.98. The van der Waals surface area contributed by atoms with Crippen LogP contribution >= 0.6 is 0 Å². The van der Waals surface area contributed by atoms with Crippen LogP contribution < -0.4 is 26.0 Å². The number of para-hydroxylation sites is 2. The average Bonchev–Trinajstić information content (AvgIpc) is 3.06. The molecule has 2 aliphatic rings. The van der Waals surface area contributed by atoms with E-state index >= 15 is 0 Å². The van der Waals surface area contributed by atoms with Gasteiger partial charge in [-0.3, -0.25) is 24.1 Å². The largest absolute Gasteiger partial charge is 0.477 e. The fourth-order valence-electron chi connectivity index (χ4n) is 4.01. The van der Waals surface area contributed by atoms with E-state index in [4.69, 9.17) is 10.5 Å². The van der Waals surface area contributed by atoms with Gasteiger partial charge in [0.2, 0.25) is 11.8 Å². The number of amides is 6. The topological polar surface area (TPSA) is 151 Å². The third kappa shape index (κ3) is 3.81. The van der Waals surface area contributed by atoms with E-state index in [0.717, 1.165) is 4.90 Å². The highest BCUT2D eigenvalue weighted by molar-refractivity contribution is 6.11. The van der Waals surface area contributed by atoms with Crippen molar-refractivity contribution in [2.45, 2.75) is 18.6 Å². The van der Waals surface area contributed by atoms with Gasteiger partial charge in [-0.1, -0.05) is 24.3 Å². The third-order valence-corrected chi connectivity index (χ3v) is 5.91. The van der Waals surface area contributed by atoms with Gasteiger partial charge in [0.1, 0.15) is 17.8 Å². The molecule has 1 saturated heterocycles. The first kappa shape index (κ1) is 22.8. The molecule has 0 radical (unpaired) electrons. The molecule has 0 aromatic heterocycles. The van der Waals surface area contributed by atoms with E-state index in [1.807, 2.05) is 0 Å². The highest BCUT2D eigenvalue weighted by Gasteiger charge is 2.50. The number of rotatable bonds is 5. The quantitative estimate of drug-likeness (QED) is 0.533. The minimum Gasteiger partial charge on any atom is -0.477 e. The number of carbonyl (C=O) groups is 5. The molecule has 4 rings (SSSR count). The molecule has 11 heteroatoms. The zero-order valence-corrected chi connectivity index (χ0v) is 18.5. The molecule has 34 heavy (non-hydrogen) atoms. The molecule has 6 amide bonds. The highest BCUT2D eigenvalue weighted by atomic mass is 16.5. The molecule has 1 fully saturated rings. The van der Waals surface area contributed by atoms with Gasteiger partial charge in [-0.15, -0.1) is 0 Å². The lowest BCUT2D eigenvalue weighted by molar-refractivity contribution is -0.134. The Morgan fingerprint density at radius 2 is 1.91 bits per heavy atom. The fraction of sp³-hybridized carbons (Fsp3) is 0.261. The van der Waals surface area contributed by atoms with Gasteiger partial charge in [-0.2, -0.15) is 0 Å². The van der Waals surface area contributed by atoms with Gasteiger partial charge in [0.05, 0.1) is 12.2 Å². The Hall–Kier alpha value is -4.41. The molecule has 0 saturated carbocycles. The molecule has 2 unspecified atom stereocenters. The van der Waals surface area contributed by atoms with Crippen LogP contribution in [0.4, 0.5) is 10.5 Å². The molecule has 4 N–H and O–H groups in total. The van der Waals surface area contributed by atoms with Crippen molar-refractivity contribution < 1.29 is 28.7 Å². The minimum absolute atomic E-state index is 0.0862. The fourth-order valence-corrected chi connectivity index (χ4v) is 4.01. The van der Waals surface area contributed by atoms with E-state index in [-0.39, 0.29) is 12.1 Å². The average molecular weight is 465 g/mol. The smallest absolute Gasteiger partial charge is 0.325 e. The first-order valence-corrected chi connectivity index (χ1v) is 10.5. The maximum absolute atomic E-state index is 13.3. The highest BCUT2D eigenvalue weighted by Crippen LogP contribution is 2.34. The van der Waals surface area contributed by atoms with Gasteiger partial charge >= 0.3 is 6.03 Å². The lowest BCUT2D eigenvalue weighted by Crippen LogP contribution is -2.52. The first-order chi connectivity index (χ1) is 16.2. The second kappa shape index (κ2) is 8.50. The van der Waals surface area contributed by atoms with Crippen LogP contribution in [0.1, 0.15) is 22.8 Å². The van der Waals surface area contributed by atoms with Gasteiger partial charge in [-0.25, -0.2) is 4.79 Å². The molecule has 0 spiro atoms. The van der Waals surface area contributed by atoms with Crippen molar-refractivity contribution in [3.8, 4) is 5.75 Å². The Kier molecular flexibility index (Phi) is 5.70. The monoisotopic (exact) mass is 465 g/mol. The number of fused-ring (bicyclic) bond motifs is 1. The van der Waals surface area contributed by atoms with Crippen LogP contribution in [0.5, 0.6) is 5.75 Å². The number of urea groups is 1. The summed E-state index contributed by atoms with van der Waals surface area (Å²) in [6.07, 6.45) is -0.950. The summed E-state index contributed by atoms with van der Waals surface area (Å²) in [6, 6.07) is 12.0. The van der Waals surface area contributed by atoms with E-state index in [2.05, 4.69) is 10.6 Å². The Labute approximate surface area is 194 Å². The van der Waals surface area contributed by atoms with Crippen molar-refractivity contribution >= 4 is 35.3 Å². The summed E-state index contributed by atoms with van der Waals surface area (Å²) >= 11 is 0. The van der Waals surface area contributed by atoms with Crippen LogP contribution in [0, 0.1) is 0 Å². The Morgan fingerprint density at radius 1 is 1.18 bits per heavy atom. The standard InChI is InChI=1S/C23H23N5O6/c1-23(14-7-5-6-13(10-14)19(24)30)21(32)28(22(33)26-23)12-18(29)27-11-17(20(31)25-2)34-16-9-4-3-8-15(16)27/h3-10,17H,11-12H2,1-2H3,(H2,24,30)(H,25,31)(H,26,33). The number of anilines is 1. The number of nitrogens with zero attached hydrogens (tertiary/aromatic N) is 2. The molecular formula is C23H23N5O6. The number of primary amides is 1. The van der Waals surface area contributed by atoms with E-state index in [9.17, 15) is 24.0 Å². The zero-order valence-electron chi connectivity index (χ0n) is 18.5. The molecule has 0 aliphatic carbocycles. The van der Waals surface area contributed by atoms with Gasteiger partial charge in [-0.05, 0) is 36.8 Å². The number of ether oxygens (including phenoxy) is 1. The van der Waals surface area contributed by atoms with E-state index in [1.54, 1.807) is 36.4 Å². The summed E-state index contributed by atoms with van der Waals surface area (Å²) in [6.45, 7) is 0.852. The van der Waals surface area contributed by atoms with Crippen LogP contribution in [0.3, 0.4) is 0 Å². The predicted molar refractivity (Wildman–Crippen MR) is 120 cm³/mol. The molecule has 2 heterocycles. The van der Waals surface area contributed by atoms with Crippen molar-refractivity contribution in [1.29, 1.82) is 0 Å². The second-order valence-electron chi connectivity index (χ2n) is 8.08. The summed E-state index contributed by atoms with van der Waals surface area (Å²) in [4.78, 5) is 65.1. The van der Waals surface area contributed by atoms with Crippen molar-refractivity contribution in [3.05, 3.63) is 59.7 Å². The van der Waals surface area contributed by atoms with Crippen molar-refractivity contribution in [2.75, 3.05) is 25.0 Å². The third-order valence-electron chi connectivity index (χ3n) is 5.91. The summed E-state index contributed by atoms with van der Waals surface area (Å²) < 4.78 is 5.70. The van der Waals surface area contributed by atoms with E-state index in [1.165, 1.54) is 31.0 Å². The molecule has 2 atom stereocenters. The Morgan fingerprint density at radius 3 is 2.62 bits per heavy atom. The van der Waals surface area contributed by atoms with Crippen LogP contribution in [-0.4, -0.2) is 60.8 Å². The molecule has 0 bridgehead atoms. The van der Waals surface area contributed by atoms with Gasteiger partial charge in [0.15, 0.2) is 6.10 Å². The second-order valence-corrected chi connectivity index (χ2v) is 8.08. The first-order valence-electron chi connectivity index (χ1n) is 10.5. The van der Waals surface area contributed by atoms with Gasteiger partial charge < -0.3 is 26.0 Å². The molecule has 2 aromatic carbocycles. The van der Waals surface area contributed by atoms with Crippen LogP contribution in [0.15, 0.2) is 48.5 Å². The van der Waals surface area contributed by atoms with E-state index < -0.39 is 47.8 Å². The van der Waals surface area contributed by atoms with E-state index in [0.29, 0.717) is 17.0 Å². The molecule has 2 aliphatic heterocycles. The summed E-state index contributed by atoms with van der Waals surface area (Å²) in [7, 11) is 1.46. The van der Waals surface area contributed by atoms with Crippen molar-refractivity contribution in [3.63, 3.8) is 0 Å². The van der Waals surface area contributed by atoms with Crippen LogP contribution in [0.2, 0.25) is 0 Å². The number of nitrogens with two attached hydrogens (primary N) is 1. The summed E-state index contributed by atoms with van der Waals surface area (Å²) in [5.41, 5.74) is 4.81. The predicted octanol–water partition coefficient (Wildman–Crippen LogP) is 0.0927. The number of hydrogen-bond donors (Lipinski definition) is 3. The normalized spacial score (nSPS) is 21.4. The number of hydrogen-bond acceptors (Lipinski definition) is 6. The Balaban J connectivity index is 1.59. The van der Waals surface area contributed by atoms with Crippen molar-refractivity contribution in [1.82, 2.24) is 15.5 Å². The molecule has 2 aromatic rings. The molecular weight excluding hydrogens is 442 g/mol. The minimum atomic E-state index is -1.49. The number of likely N-dealkylation sites (N-methyl/N-ethyl adjacent to an activating group) is 1. The number of carbonyl (C=O) groups excluding carboxylic acids is 5. The number of benzene rings is 2. The Bertz CT molecular complexity index is 1210. The van der Waals surface area contributed by atoms with Crippen LogP contribution in [-0.2, 0) is 19.9 Å². The molecule has 176 valence electrons. The maximum Gasteiger partial charge on any atom is 0.325 e. The number of imide groups is 1. The van der Waals surface area contributed by atoms with Gasteiger partial charge in [0, 0.05) is 12.6 Å². The summed E-state index contributed by atoms with van der Waals surface area (Å²) in [5, 5.41) is 5.09. The zero-order chi connectivity index (χ0) is 24.6.